The van der Waals surface area contributed by atoms with Crippen LogP contribution in [0.5, 0.6) is 0 Å². The average molecular weight is 271 g/mol. The zero-order chi connectivity index (χ0) is 13.3. The zero-order valence-electron chi connectivity index (χ0n) is 10.5. The number of hydrogen-bond acceptors (Lipinski definition) is 2. The summed E-state index contributed by atoms with van der Waals surface area (Å²) in [4.78, 5) is 11.3. The molecule has 1 aliphatic rings. The summed E-state index contributed by atoms with van der Waals surface area (Å²) in [7, 11) is 1.40. The molecular formula is C14H16ClFO2. The third-order valence-corrected chi connectivity index (χ3v) is 3.90. The van der Waals surface area contributed by atoms with Crippen molar-refractivity contribution in [1.82, 2.24) is 0 Å². The molecule has 0 saturated heterocycles. The summed E-state index contributed by atoms with van der Waals surface area (Å²) in [5.74, 6) is -0.137. The molecule has 0 amide bonds. The van der Waals surface area contributed by atoms with Crippen molar-refractivity contribution in [3.8, 4) is 0 Å². The highest BCUT2D eigenvalue weighted by molar-refractivity contribution is 6.31. The molecule has 1 aromatic rings. The summed E-state index contributed by atoms with van der Waals surface area (Å²) in [6, 6.07) is 4.71. The van der Waals surface area contributed by atoms with Gasteiger partial charge in [-0.05, 0) is 36.8 Å². The van der Waals surface area contributed by atoms with Crippen molar-refractivity contribution in [1.29, 1.82) is 0 Å². The molecule has 0 aliphatic heterocycles. The van der Waals surface area contributed by atoms with E-state index in [2.05, 4.69) is 0 Å². The number of carbonyl (C=O) groups excluding carboxylic acids is 1. The van der Waals surface area contributed by atoms with Crippen LogP contribution < -0.4 is 0 Å². The highest BCUT2D eigenvalue weighted by Crippen LogP contribution is 2.46. The van der Waals surface area contributed by atoms with Gasteiger partial charge in [-0.1, -0.05) is 24.6 Å². The van der Waals surface area contributed by atoms with Crippen LogP contribution in [0.2, 0.25) is 5.02 Å². The summed E-state index contributed by atoms with van der Waals surface area (Å²) < 4.78 is 18.4. The van der Waals surface area contributed by atoms with Crippen LogP contribution in [0.3, 0.4) is 0 Å². The zero-order valence-corrected chi connectivity index (χ0v) is 11.2. The summed E-state index contributed by atoms with van der Waals surface area (Å²) >= 11 is 6.02. The van der Waals surface area contributed by atoms with Gasteiger partial charge in [0.05, 0.1) is 13.0 Å². The number of hydrogen-bond donors (Lipinski definition) is 0. The van der Waals surface area contributed by atoms with E-state index in [1.54, 1.807) is 12.1 Å². The number of carbonyl (C=O) groups is 1. The van der Waals surface area contributed by atoms with Gasteiger partial charge in [0.2, 0.25) is 0 Å². The van der Waals surface area contributed by atoms with Crippen LogP contribution in [0.15, 0.2) is 18.2 Å². The van der Waals surface area contributed by atoms with Gasteiger partial charge in [-0.2, -0.15) is 0 Å². The van der Waals surface area contributed by atoms with Crippen LogP contribution in [0, 0.1) is 17.7 Å². The lowest BCUT2D eigenvalue weighted by Gasteiger charge is -2.14. The minimum Gasteiger partial charge on any atom is -0.469 e. The van der Waals surface area contributed by atoms with Gasteiger partial charge in [0.15, 0.2) is 0 Å². The predicted molar refractivity (Wildman–Crippen MR) is 68.1 cm³/mol. The molecule has 0 N–H and O–H groups in total. The molecule has 1 aliphatic carbocycles. The maximum atomic E-state index is 13.7. The Morgan fingerprint density at radius 3 is 2.94 bits per heavy atom. The number of methoxy groups -OCH3 is 1. The molecule has 1 aromatic carbocycles. The van der Waals surface area contributed by atoms with Gasteiger partial charge in [-0.25, -0.2) is 4.39 Å². The van der Waals surface area contributed by atoms with Crippen LogP contribution >= 0.6 is 11.6 Å². The van der Waals surface area contributed by atoms with Crippen molar-refractivity contribution in [3.63, 3.8) is 0 Å². The molecule has 18 heavy (non-hydrogen) atoms. The standard InChI is InChI=1S/C14H16ClFO2/c1-8(6-9-7-10(9)14(17)18-2)13-11(15)4-3-5-12(13)16/h3-5,8-10H,6-7H2,1-2H3. The van der Waals surface area contributed by atoms with Crippen molar-refractivity contribution in [2.45, 2.75) is 25.7 Å². The van der Waals surface area contributed by atoms with E-state index in [4.69, 9.17) is 16.3 Å². The lowest BCUT2D eigenvalue weighted by Crippen LogP contribution is -2.06. The molecule has 0 aromatic heterocycles. The second-order valence-corrected chi connectivity index (χ2v) is 5.30. The molecule has 2 rings (SSSR count). The fourth-order valence-corrected chi connectivity index (χ4v) is 2.85. The van der Waals surface area contributed by atoms with E-state index in [0.717, 1.165) is 12.8 Å². The molecule has 0 bridgehead atoms. The van der Waals surface area contributed by atoms with Gasteiger partial charge < -0.3 is 4.74 Å². The van der Waals surface area contributed by atoms with Crippen molar-refractivity contribution >= 4 is 17.6 Å². The van der Waals surface area contributed by atoms with E-state index < -0.39 is 0 Å². The molecule has 1 saturated carbocycles. The van der Waals surface area contributed by atoms with Crippen LogP contribution in [0.25, 0.3) is 0 Å². The van der Waals surface area contributed by atoms with Gasteiger partial charge in [0.25, 0.3) is 0 Å². The summed E-state index contributed by atoms with van der Waals surface area (Å²) in [6.45, 7) is 1.94. The Hall–Kier alpha value is -1.09. The van der Waals surface area contributed by atoms with Crippen LogP contribution in [-0.2, 0) is 9.53 Å². The monoisotopic (exact) mass is 270 g/mol. The largest absolute Gasteiger partial charge is 0.469 e. The number of halogens is 2. The quantitative estimate of drug-likeness (QED) is 0.778. The third-order valence-electron chi connectivity index (χ3n) is 3.58. The maximum absolute atomic E-state index is 13.7. The first-order valence-electron chi connectivity index (χ1n) is 6.06. The summed E-state index contributed by atoms with van der Waals surface area (Å²) in [6.07, 6.45) is 1.60. The Balaban J connectivity index is 2.01. The van der Waals surface area contributed by atoms with E-state index >= 15 is 0 Å². The Morgan fingerprint density at radius 2 is 2.33 bits per heavy atom. The molecule has 4 heteroatoms. The summed E-state index contributed by atoms with van der Waals surface area (Å²) in [5.41, 5.74) is 0.551. The van der Waals surface area contributed by atoms with Crippen molar-refractivity contribution in [3.05, 3.63) is 34.6 Å². The fourth-order valence-electron chi connectivity index (χ4n) is 2.50. The minimum atomic E-state index is -0.273. The van der Waals surface area contributed by atoms with E-state index in [-0.39, 0.29) is 23.6 Å². The fraction of sp³-hybridized carbons (Fsp3) is 0.500. The maximum Gasteiger partial charge on any atom is 0.308 e. The molecule has 2 nitrogen and oxygen atoms in total. The first-order chi connectivity index (χ1) is 8.54. The van der Waals surface area contributed by atoms with Gasteiger partial charge in [0.1, 0.15) is 5.82 Å². The molecular weight excluding hydrogens is 255 g/mol. The number of esters is 1. The molecule has 1 fully saturated rings. The number of benzene rings is 1. The lowest BCUT2D eigenvalue weighted by molar-refractivity contribution is -0.142. The molecule has 0 radical (unpaired) electrons. The van der Waals surface area contributed by atoms with E-state index in [1.807, 2.05) is 6.92 Å². The lowest BCUT2D eigenvalue weighted by atomic mass is 9.94. The van der Waals surface area contributed by atoms with Crippen molar-refractivity contribution in [2.75, 3.05) is 7.11 Å². The SMILES string of the molecule is COC(=O)C1CC1CC(C)c1c(F)cccc1Cl. The molecule has 0 heterocycles. The second-order valence-electron chi connectivity index (χ2n) is 4.90. The van der Waals surface area contributed by atoms with Crippen molar-refractivity contribution in [2.24, 2.45) is 11.8 Å². The smallest absolute Gasteiger partial charge is 0.308 e. The number of ether oxygens (including phenoxy) is 1. The van der Waals surface area contributed by atoms with E-state index in [9.17, 15) is 9.18 Å². The summed E-state index contributed by atoms with van der Waals surface area (Å²) in [5, 5.41) is 0.456. The highest BCUT2D eigenvalue weighted by atomic mass is 35.5. The predicted octanol–water partition coefficient (Wildman–Crippen LogP) is 3.78. The third kappa shape index (κ3) is 2.66. The van der Waals surface area contributed by atoms with Gasteiger partial charge in [-0.3, -0.25) is 4.79 Å². The van der Waals surface area contributed by atoms with Crippen LogP contribution in [0.1, 0.15) is 31.2 Å². The van der Waals surface area contributed by atoms with Crippen molar-refractivity contribution < 1.29 is 13.9 Å². The number of rotatable bonds is 4. The Morgan fingerprint density at radius 1 is 1.61 bits per heavy atom. The van der Waals surface area contributed by atoms with Crippen LogP contribution in [0.4, 0.5) is 4.39 Å². The molecule has 0 spiro atoms. The first-order valence-corrected chi connectivity index (χ1v) is 6.44. The van der Waals surface area contributed by atoms with E-state index in [0.29, 0.717) is 16.5 Å². The topological polar surface area (TPSA) is 26.3 Å². The first kappa shape index (κ1) is 13.3. The molecule has 3 unspecified atom stereocenters. The van der Waals surface area contributed by atoms with Gasteiger partial charge in [0, 0.05) is 10.6 Å². The minimum absolute atomic E-state index is 0.0111. The average Bonchev–Trinajstić information content (AvgIpc) is 3.07. The van der Waals surface area contributed by atoms with Gasteiger partial charge >= 0.3 is 5.97 Å². The molecule has 3 atom stereocenters. The second kappa shape index (κ2) is 5.27. The Kier molecular flexibility index (Phi) is 3.91. The van der Waals surface area contributed by atoms with Crippen LogP contribution in [-0.4, -0.2) is 13.1 Å². The van der Waals surface area contributed by atoms with Gasteiger partial charge in [-0.15, -0.1) is 0 Å². The Bertz CT molecular complexity index is 441. The highest BCUT2D eigenvalue weighted by Gasteiger charge is 2.44. The Labute approximate surface area is 111 Å². The van der Waals surface area contributed by atoms with E-state index in [1.165, 1.54) is 13.2 Å². The normalized spacial score (nSPS) is 23.6. The molecule has 98 valence electrons.